The Morgan fingerprint density at radius 2 is 2.29 bits per heavy atom. The van der Waals surface area contributed by atoms with Gasteiger partial charge in [0, 0.05) is 17.1 Å². The summed E-state index contributed by atoms with van der Waals surface area (Å²) in [7, 11) is 1.53. The number of benzene rings is 1. The van der Waals surface area contributed by atoms with Crippen molar-refractivity contribution in [2.45, 2.75) is 13.0 Å². The molecule has 5 heteroatoms. The maximum atomic E-state index is 13.0. The second kappa shape index (κ2) is 5.14. The second-order valence-corrected chi connectivity index (χ2v) is 4.53. The van der Waals surface area contributed by atoms with Crippen molar-refractivity contribution in [3.63, 3.8) is 0 Å². The summed E-state index contributed by atoms with van der Waals surface area (Å²) in [6.45, 7) is 2.02. The molecular formula is C12H13FN2OS. The molecule has 0 aliphatic rings. The lowest BCUT2D eigenvalue weighted by molar-refractivity contribution is 0.412. The molecule has 2 rings (SSSR count). The van der Waals surface area contributed by atoms with Crippen molar-refractivity contribution >= 4 is 17.0 Å². The van der Waals surface area contributed by atoms with Crippen LogP contribution >= 0.6 is 11.3 Å². The minimum absolute atomic E-state index is 0.113. The third-order valence-corrected chi connectivity index (χ3v) is 3.37. The van der Waals surface area contributed by atoms with E-state index in [-0.39, 0.29) is 11.9 Å². The van der Waals surface area contributed by atoms with Crippen LogP contribution in [0.1, 0.15) is 17.8 Å². The lowest BCUT2D eigenvalue weighted by Gasteiger charge is -2.16. The minimum atomic E-state index is -0.308. The molecule has 0 aliphatic carbocycles. The number of hydrogen-bond donors (Lipinski definition) is 1. The van der Waals surface area contributed by atoms with Crippen LogP contribution in [0, 0.1) is 5.82 Å². The summed E-state index contributed by atoms with van der Waals surface area (Å²) in [5.74, 6) is 0.194. The van der Waals surface area contributed by atoms with Crippen LogP contribution in [-0.4, -0.2) is 12.1 Å². The fourth-order valence-electron chi connectivity index (χ4n) is 1.53. The van der Waals surface area contributed by atoms with Gasteiger partial charge < -0.3 is 10.1 Å². The third kappa shape index (κ3) is 2.74. The normalized spacial score (nSPS) is 12.2. The number of methoxy groups -OCH3 is 1. The van der Waals surface area contributed by atoms with Crippen LogP contribution in [0.2, 0.25) is 0 Å². The largest absolute Gasteiger partial charge is 0.494 e. The SMILES string of the molecule is COc1cc(F)ccc1NC(C)c1cncs1. The first kappa shape index (κ1) is 11.9. The molecule has 0 aliphatic heterocycles. The molecule has 1 N–H and O–H groups in total. The smallest absolute Gasteiger partial charge is 0.144 e. The van der Waals surface area contributed by atoms with Crippen LogP contribution in [0.15, 0.2) is 29.9 Å². The molecule has 1 unspecified atom stereocenters. The first-order valence-electron chi connectivity index (χ1n) is 5.19. The van der Waals surface area contributed by atoms with Crippen molar-refractivity contribution < 1.29 is 9.13 Å². The zero-order valence-corrected chi connectivity index (χ0v) is 10.4. The van der Waals surface area contributed by atoms with E-state index in [4.69, 9.17) is 4.74 Å². The molecule has 1 atom stereocenters. The molecule has 0 radical (unpaired) electrons. The Hall–Kier alpha value is -1.62. The molecular weight excluding hydrogens is 239 g/mol. The van der Waals surface area contributed by atoms with Crippen molar-refractivity contribution in [2.75, 3.05) is 12.4 Å². The van der Waals surface area contributed by atoms with Gasteiger partial charge in [0.25, 0.3) is 0 Å². The van der Waals surface area contributed by atoms with Gasteiger partial charge in [0.15, 0.2) is 0 Å². The Morgan fingerprint density at radius 3 is 2.94 bits per heavy atom. The number of aromatic nitrogens is 1. The molecule has 2 aromatic rings. The summed E-state index contributed by atoms with van der Waals surface area (Å²) in [5.41, 5.74) is 2.56. The fourth-order valence-corrected chi connectivity index (χ4v) is 2.16. The van der Waals surface area contributed by atoms with E-state index in [2.05, 4.69) is 10.3 Å². The van der Waals surface area contributed by atoms with Gasteiger partial charge in [-0.2, -0.15) is 0 Å². The highest BCUT2D eigenvalue weighted by molar-refractivity contribution is 7.09. The maximum absolute atomic E-state index is 13.0. The Kier molecular flexibility index (Phi) is 3.58. The zero-order valence-electron chi connectivity index (χ0n) is 9.61. The minimum Gasteiger partial charge on any atom is -0.494 e. The Balaban J connectivity index is 2.18. The predicted molar refractivity (Wildman–Crippen MR) is 67.1 cm³/mol. The lowest BCUT2D eigenvalue weighted by atomic mass is 10.2. The second-order valence-electron chi connectivity index (χ2n) is 3.61. The predicted octanol–water partition coefficient (Wildman–Crippen LogP) is 3.46. The molecule has 0 fully saturated rings. The summed E-state index contributed by atoms with van der Waals surface area (Å²) in [5, 5.41) is 3.27. The first-order valence-corrected chi connectivity index (χ1v) is 6.07. The topological polar surface area (TPSA) is 34.1 Å². The summed E-state index contributed by atoms with van der Waals surface area (Å²) in [4.78, 5) is 5.15. The van der Waals surface area contributed by atoms with Crippen LogP contribution in [0.4, 0.5) is 10.1 Å². The van der Waals surface area contributed by atoms with Gasteiger partial charge in [-0.15, -0.1) is 11.3 Å². The lowest BCUT2D eigenvalue weighted by Crippen LogP contribution is -2.06. The van der Waals surface area contributed by atoms with Crippen molar-refractivity contribution in [3.8, 4) is 5.75 Å². The van der Waals surface area contributed by atoms with Crippen LogP contribution in [0.5, 0.6) is 5.75 Å². The molecule has 3 nitrogen and oxygen atoms in total. The Bertz CT molecular complexity index is 487. The van der Waals surface area contributed by atoms with Gasteiger partial charge in [0.05, 0.1) is 24.3 Å². The highest BCUT2D eigenvalue weighted by Crippen LogP contribution is 2.29. The monoisotopic (exact) mass is 252 g/mol. The summed E-state index contributed by atoms with van der Waals surface area (Å²) in [6, 6.07) is 4.55. The first-order chi connectivity index (χ1) is 8.20. The van der Waals surface area contributed by atoms with Gasteiger partial charge >= 0.3 is 0 Å². The molecule has 1 aromatic carbocycles. The van der Waals surface area contributed by atoms with Gasteiger partial charge in [-0.3, -0.25) is 4.98 Å². The number of hydrogen-bond acceptors (Lipinski definition) is 4. The molecule has 17 heavy (non-hydrogen) atoms. The molecule has 1 heterocycles. The van der Waals surface area contributed by atoms with E-state index < -0.39 is 0 Å². The van der Waals surface area contributed by atoms with Gasteiger partial charge in [-0.05, 0) is 19.1 Å². The number of nitrogens with one attached hydrogen (secondary N) is 1. The van der Waals surface area contributed by atoms with Gasteiger partial charge in [-0.1, -0.05) is 0 Å². The molecule has 0 spiro atoms. The van der Waals surface area contributed by atoms with Crippen LogP contribution in [0.25, 0.3) is 0 Å². The molecule has 1 aromatic heterocycles. The summed E-state index contributed by atoms with van der Waals surface area (Å²) < 4.78 is 18.2. The van der Waals surface area contributed by atoms with Crippen molar-refractivity contribution in [3.05, 3.63) is 40.6 Å². The van der Waals surface area contributed by atoms with E-state index in [1.54, 1.807) is 22.9 Å². The number of thiazole rings is 1. The molecule has 90 valence electrons. The highest BCUT2D eigenvalue weighted by atomic mass is 32.1. The molecule has 0 amide bonds. The summed E-state index contributed by atoms with van der Waals surface area (Å²) >= 11 is 1.58. The summed E-state index contributed by atoms with van der Waals surface area (Å²) in [6.07, 6.45) is 1.82. The molecule has 0 saturated heterocycles. The standard InChI is InChI=1S/C12H13FN2OS/c1-8(12-6-14-7-17-12)15-10-4-3-9(13)5-11(10)16-2/h3-8,15H,1-2H3. The zero-order chi connectivity index (χ0) is 12.3. The van der Waals surface area contributed by atoms with Crippen LogP contribution in [0.3, 0.4) is 0 Å². The van der Waals surface area contributed by atoms with Crippen molar-refractivity contribution in [2.24, 2.45) is 0 Å². The van der Waals surface area contributed by atoms with Crippen LogP contribution in [-0.2, 0) is 0 Å². The van der Waals surface area contributed by atoms with E-state index >= 15 is 0 Å². The van der Waals surface area contributed by atoms with E-state index in [1.165, 1.54) is 19.2 Å². The Labute approximate surface area is 103 Å². The van der Waals surface area contributed by atoms with Gasteiger partial charge in [-0.25, -0.2) is 4.39 Å². The van der Waals surface area contributed by atoms with Gasteiger partial charge in [0.1, 0.15) is 11.6 Å². The van der Waals surface area contributed by atoms with E-state index in [1.807, 2.05) is 13.1 Å². The maximum Gasteiger partial charge on any atom is 0.144 e. The fraction of sp³-hybridized carbons (Fsp3) is 0.250. The molecule has 0 bridgehead atoms. The number of nitrogens with zero attached hydrogens (tertiary/aromatic N) is 1. The van der Waals surface area contributed by atoms with Crippen molar-refractivity contribution in [1.82, 2.24) is 4.98 Å². The Morgan fingerprint density at radius 1 is 1.47 bits per heavy atom. The van der Waals surface area contributed by atoms with E-state index in [9.17, 15) is 4.39 Å². The average molecular weight is 252 g/mol. The van der Waals surface area contributed by atoms with Crippen molar-refractivity contribution in [1.29, 1.82) is 0 Å². The number of halogens is 1. The quantitative estimate of drug-likeness (QED) is 0.904. The highest BCUT2D eigenvalue weighted by Gasteiger charge is 2.10. The van der Waals surface area contributed by atoms with Crippen LogP contribution < -0.4 is 10.1 Å². The number of anilines is 1. The number of ether oxygens (including phenoxy) is 1. The third-order valence-electron chi connectivity index (χ3n) is 2.41. The van der Waals surface area contributed by atoms with E-state index in [0.717, 1.165) is 10.6 Å². The van der Waals surface area contributed by atoms with Gasteiger partial charge in [0.2, 0.25) is 0 Å². The average Bonchev–Trinajstić information content (AvgIpc) is 2.85. The number of rotatable bonds is 4. The van der Waals surface area contributed by atoms with E-state index in [0.29, 0.717) is 5.75 Å². The molecule has 0 saturated carbocycles.